The van der Waals surface area contributed by atoms with Crippen molar-refractivity contribution >= 4 is 17.3 Å². The van der Waals surface area contributed by atoms with Gasteiger partial charge in [0.2, 0.25) is 0 Å². The number of aromatic nitrogens is 1. The van der Waals surface area contributed by atoms with E-state index in [1.165, 1.54) is 18.4 Å². The molecule has 1 aliphatic carbocycles. The Hall–Kier alpha value is -1.16. The van der Waals surface area contributed by atoms with Crippen molar-refractivity contribution in [3.05, 3.63) is 30.1 Å². The van der Waals surface area contributed by atoms with Crippen LogP contribution in [0.1, 0.15) is 18.4 Å². The molecular weight excluding hydrogens is 218 g/mol. The summed E-state index contributed by atoms with van der Waals surface area (Å²) in [5, 5.41) is 4.21. The highest BCUT2D eigenvalue weighted by atomic mass is 32.1. The van der Waals surface area contributed by atoms with E-state index >= 15 is 0 Å². The van der Waals surface area contributed by atoms with Crippen LogP contribution in [0.25, 0.3) is 0 Å². The van der Waals surface area contributed by atoms with E-state index in [1.807, 2.05) is 31.6 Å². The van der Waals surface area contributed by atoms with E-state index < -0.39 is 0 Å². The third-order valence-electron chi connectivity index (χ3n) is 2.74. The van der Waals surface area contributed by atoms with Crippen LogP contribution >= 0.6 is 12.2 Å². The Morgan fingerprint density at radius 1 is 1.50 bits per heavy atom. The summed E-state index contributed by atoms with van der Waals surface area (Å²) in [6.45, 7) is 0.947. The molecule has 1 heterocycles. The van der Waals surface area contributed by atoms with Gasteiger partial charge in [-0.1, -0.05) is 0 Å². The molecule has 1 aromatic rings. The van der Waals surface area contributed by atoms with E-state index in [9.17, 15) is 0 Å². The van der Waals surface area contributed by atoms with Gasteiger partial charge in [-0.05, 0) is 49.2 Å². The molecule has 16 heavy (non-hydrogen) atoms. The van der Waals surface area contributed by atoms with Crippen molar-refractivity contribution < 1.29 is 0 Å². The lowest BCUT2D eigenvalue weighted by molar-refractivity contribution is 0.496. The minimum Gasteiger partial charge on any atom is -0.360 e. The molecule has 3 nitrogen and oxygen atoms in total. The molecule has 0 radical (unpaired) electrons. The average molecular weight is 235 g/mol. The number of hydrogen-bond donors (Lipinski definition) is 1. The Labute approximate surface area is 102 Å². The van der Waals surface area contributed by atoms with Gasteiger partial charge in [-0.15, -0.1) is 0 Å². The maximum absolute atomic E-state index is 5.31. The number of thiocarbonyl (C=S) groups is 1. The van der Waals surface area contributed by atoms with E-state index in [0.717, 1.165) is 18.1 Å². The average Bonchev–Trinajstić information content (AvgIpc) is 3.11. The standard InChI is InChI=1S/C12H17N3S/c1-15(12(16)14-11-2-3-11)9-6-10-4-7-13-8-5-10/h4-5,7-8,11H,2-3,6,9H2,1H3,(H,14,16). The van der Waals surface area contributed by atoms with Crippen molar-refractivity contribution in [1.29, 1.82) is 0 Å². The van der Waals surface area contributed by atoms with Crippen LogP contribution in [0.15, 0.2) is 24.5 Å². The van der Waals surface area contributed by atoms with Crippen LogP contribution in [0.3, 0.4) is 0 Å². The first kappa shape index (κ1) is 11.3. The third kappa shape index (κ3) is 3.45. The van der Waals surface area contributed by atoms with Crippen molar-refractivity contribution in [2.45, 2.75) is 25.3 Å². The zero-order chi connectivity index (χ0) is 11.4. The fourth-order valence-electron chi connectivity index (χ4n) is 1.46. The second-order valence-corrected chi connectivity index (χ2v) is 4.64. The number of pyridine rings is 1. The van der Waals surface area contributed by atoms with E-state index in [2.05, 4.69) is 15.2 Å². The summed E-state index contributed by atoms with van der Waals surface area (Å²) in [6.07, 6.45) is 7.19. The van der Waals surface area contributed by atoms with Gasteiger partial charge >= 0.3 is 0 Å². The summed E-state index contributed by atoms with van der Waals surface area (Å²) in [7, 11) is 2.04. The molecule has 2 rings (SSSR count). The maximum atomic E-state index is 5.31. The predicted molar refractivity (Wildman–Crippen MR) is 69.3 cm³/mol. The van der Waals surface area contributed by atoms with Gasteiger partial charge in [-0.3, -0.25) is 4.98 Å². The molecule has 1 fully saturated rings. The first-order valence-electron chi connectivity index (χ1n) is 5.66. The van der Waals surface area contributed by atoms with Crippen molar-refractivity contribution in [1.82, 2.24) is 15.2 Å². The van der Waals surface area contributed by atoms with Crippen molar-refractivity contribution in [3.8, 4) is 0 Å². The Balaban J connectivity index is 1.74. The van der Waals surface area contributed by atoms with Crippen molar-refractivity contribution in [2.24, 2.45) is 0 Å². The normalized spacial score (nSPS) is 14.6. The molecule has 0 atom stereocenters. The first-order chi connectivity index (χ1) is 7.75. The fraction of sp³-hybridized carbons (Fsp3) is 0.500. The van der Waals surface area contributed by atoms with Crippen LogP contribution in [-0.4, -0.2) is 34.6 Å². The maximum Gasteiger partial charge on any atom is 0.168 e. The minimum atomic E-state index is 0.635. The highest BCUT2D eigenvalue weighted by molar-refractivity contribution is 7.80. The molecule has 1 saturated carbocycles. The fourth-order valence-corrected chi connectivity index (χ4v) is 1.72. The highest BCUT2D eigenvalue weighted by Gasteiger charge is 2.22. The van der Waals surface area contributed by atoms with Crippen LogP contribution in [0, 0.1) is 0 Å². The van der Waals surface area contributed by atoms with Crippen LogP contribution in [0.2, 0.25) is 0 Å². The molecule has 0 spiro atoms. The smallest absolute Gasteiger partial charge is 0.168 e. The van der Waals surface area contributed by atoms with Gasteiger partial charge < -0.3 is 10.2 Å². The molecular formula is C12H17N3S. The number of nitrogens with one attached hydrogen (secondary N) is 1. The molecule has 0 aliphatic heterocycles. The van der Waals surface area contributed by atoms with E-state index in [1.54, 1.807) is 0 Å². The molecule has 0 amide bonds. The molecule has 1 N–H and O–H groups in total. The van der Waals surface area contributed by atoms with Gasteiger partial charge in [0.15, 0.2) is 5.11 Å². The van der Waals surface area contributed by atoms with Crippen LogP contribution in [0.4, 0.5) is 0 Å². The van der Waals surface area contributed by atoms with Gasteiger partial charge in [0.1, 0.15) is 0 Å². The Bertz CT molecular complexity index is 349. The summed E-state index contributed by atoms with van der Waals surface area (Å²) in [4.78, 5) is 6.11. The number of nitrogens with zero attached hydrogens (tertiary/aromatic N) is 2. The van der Waals surface area contributed by atoms with Crippen molar-refractivity contribution in [2.75, 3.05) is 13.6 Å². The molecule has 0 bridgehead atoms. The molecule has 0 unspecified atom stereocenters. The second-order valence-electron chi connectivity index (χ2n) is 4.25. The minimum absolute atomic E-state index is 0.635. The lowest BCUT2D eigenvalue weighted by atomic mass is 10.2. The number of rotatable bonds is 4. The third-order valence-corrected chi connectivity index (χ3v) is 3.17. The molecule has 1 aromatic heterocycles. The molecule has 0 aromatic carbocycles. The lowest BCUT2D eigenvalue weighted by Crippen LogP contribution is -2.39. The predicted octanol–water partition coefficient (Wildman–Crippen LogP) is 1.59. The van der Waals surface area contributed by atoms with E-state index in [4.69, 9.17) is 12.2 Å². The van der Waals surface area contributed by atoms with Gasteiger partial charge in [0.25, 0.3) is 0 Å². The Morgan fingerprint density at radius 3 is 2.81 bits per heavy atom. The first-order valence-corrected chi connectivity index (χ1v) is 6.07. The van der Waals surface area contributed by atoms with Crippen LogP contribution < -0.4 is 5.32 Å². The van der Waals surface area contributed by atoms with Gasteiger partial charge in [-0.25, -0.2) is 0 Å². The molecule has 1 aliphatic rings. The number of likely N-dealkylation sites (N-methyl/N-ethyl adjacent to an activating group) is 1. The SMILES string of the molecule is CN(CCc1ccncc1)C(=S)NC1CC1. The second kappa shape index (κ2) is 5.25. The molecule has 86 valence electrons. The molecule has 0 saturated heterocycles. The summed E-state index contributed by atoms with van der Waals surface area (Å²) in [6, 6.07) is 4.73. The van der Waals surface area contributed by atoms with Crippen LogP contribution in [-0.2, 0) is 6.42 Å². The highest BCUT2D eigenvalue weighted by Crippen LogP contribution is 2.18. The van der Waals surface area contributed by atoms with Crippen LogP contribution in [0.5, 0.6) is 0 Å². The quantitative estimate of drug-likeness (QED) is 0.802. The Kier molecular flexibility index (Phi) is 3.72. The molecule has 4 heteroatoms. The lowest BCUT2D eigenvalue weighted by Gasteiger charge is -2.20. The summed E-state index contributed by atoms with van der Waals surface area (Å²) < 4.78 is 0. The van der Waals surface area contributed by atoms with E-state index in [0.29, 0.717) is 6.04 Å². The van der Waals surface area contributed by atoms with Gasteiger partial charge in [0, 0.05) is 32.0 Å². The zero-order valence-electron chi connectivity index (χ0n) is 9.52. The summed E-state index contributed by atoms with van der Waals surface area (Å²) in [5.74, 6) is 0. The zero-order valence-corrected chi connectivity index (χ0v) is 10.3. The van der Waals surface area contributed by atoms with Gasteiger partial charge in [0.05, 0.1) is 0 Å². The number of hydrogen-bond acceptors (Lipinski definition) is 2. The Morgan fingerprint density at radius 2 is 2.19 bits per heavy atom. The van der Waals surface area contributed by atoms with Crippen molar-refractivity contribution in [3.63, 3.8) is 0 Å². The largest absolute Gasteiger partial charge is 0.360 e. The monoisotopic (exact) mass is 235 g/mol. The summed E-state index contributed by atoms with van der Waals surface area (Å²) >= 11 is 5.31. The van der Waals surface area contributed by atoms with E-state index in [-0.39, 0.29) is 0 Å². The topological polar surface area (TPSA) is 28.2 Å². The van der Waals surface area contributed by atoms with Gasteiger partial charge in [-0.2, -0.15) is 0 Å². The summed E-state index contributed by atoms with van der Waals surface area (Å²) in [5.41, 5.74) is 1.30.